The van der Waals surface area contributed by atoms with Crippen LogP contribution in [0.5, 0.6) is 0 Å². The zero-order valence-corrected chi connectivity index (χ0v) is 13.9. The maximum Gasteiger partial charge on any atom is 0.269 e. The molecule has 2 N–H and O–H groups in total. The third kappa shape index (κ3) is 4.66. The molecule has 0 aliphatic heterocycles. The predicted octanol–water partition coefficient (Wildman–Crippen LogP) is 0.479. The van der Waals surface area contributed by atoms with Gasteiger partial charge in [0.2, 0.25) is 5.91 Å². The fourth-order valence-electron chi connectivity index (χ4n) is 2.40. The second kappa shape index (κ2) is 8.26. The number of aliphatic hydroxyl groups excluding tert-OH is 1. The fourth-order valence-corrected chi connectivity index (χ4v) is 2.40. The van der Waals surface area contributed by atoms with Crippen molar-refractivity contribution in [2.24, 2.45) is 7.05 Å². The number of benzene rings is 1. The van der Waals surface area contributed by atoms with Gasteiger partial charge >= 0.3 is 0 Å². The first-order chi connectivity index (χ1) is 11.5. The van der Waals surface area contributed by atoms with E-state index in [2.05, 4.69) is 10.4 Å². The molecular weight excluding hydrogens is 308 g/mol. The van der Waals surface area contributed by atoms with Gasteiger partial charge in [0.15, 0.2) is 0 Å². The molecule has 0 aliphatic rings. The Morgan fingerprint density at radius 2 is 2.00 bits per heavy atom. The first kappa shape index (κ1) is 17.7. The average Bonchev–Trinajstić information content (AvgIpc) is 2.91. The Balaban J connectivity index is 1.95. The Hall–Kier alpha value is -2.67. The van der Waals surface area contributed by atoms with Crippen molar-refractivity contribution in [2.75, 3.05) is 19.7 Å². The summed E-state index contributed by atoms with van der Waals surface area (Å²) in [4.78, 5) is 26.0. The first-order valence-corrected chi connectivity index (χ1v) is 7.72. The second-order valence-electron chi connectivity index (χ2n) is 5.50. The van der Waals surface area contributed by atoms with E-state index in [0.29, 0.717) is 12.2 Å². The minimum Gasteiger partial charge on any atom is -0.395 e. The number of hydrogen-bond donors (Lipinski definition) is 2. The molecule has 7 heteroatoms. The molecule has 0 saturated carbocycles. The topological polar surface area (TPSA) is 87.5 Å². The van der Waals surface area contributed by atoms with Crippen molar-refractivity contribution in [1.29, 1.82) is 0 Å². The molecule has 0 saturated heterocycles. The molecule has 2 rings (SSSR count). The van der Waals surface area contributed by atoms with E-state index in [4.69, 9.17) is 5.11 Å². The van der Waals surface area contributed by atoms with Gasteiger partial charge in [0.1, 0.15) is 5.69 Å². The van der Waals surface area contributed by atoms with E-state index < -0.39 is 0 Å². The van der Waals surface area contributed by atoms with E-state index >= 15 is 0 Å². The van der Waals surface area contributed by atoms with Gasteiger partial charge in [-0.3, -0.25) is 14.3 Å². The minimum atomic E-state index is -0.352. The standard InChI is InChI=1S/C17H22N4O3/c1-13-10-15(20(2)19-13)17(24)18-11-16(23)21(8-9-22)12-14-6-4-3-5-7-14/h3-7,10,22H,8-9,11-12H2,1-2H3,(H,18,24). The van der Waals surface area contributed by atoms with Crippen LogP contribution >= 0.6 is 0 Å². The molecule has 7 nitrogen and oxygen atoms in total. The maximum absolute atomic E-state index is 12.3. The smallest absolute Gasteiger partial charge is 0.269 e. The number of rotatable bonds is 7. The molecule has 24 heavy (non-hydrogen) atoms. The van der Waals surface area contributed by atoms with Gasteiger partial charge in [-0.2, -0.15) is 5.10 Å². The lowest BCUT2D eigenvalue weighted by atomic mass is 10.2. The summed E-state index contributed by atoms with van der Waals surface area (Å²) < 4.78 is 1.48. The zero-order chi connectivity index (χ0) is 17.5. The molecule has 0 atom stereocenters. The largest absolute Gasteiger partial charge is 0.395 e. The number of carbonyl (C=O) groups excluding carboxylic acids is 2. The zero-order valence-electron chi connectivity index (χ0n) is 13.9. The fraction of sp³-hybridized carbons (Fsp3) is 0.353. The van der Waals surface area contributed by atoms with Crippen molar-refractivity contribution < 1.29 is 14.7 Å². The summed E-state index contributed by atoms with van der Waals surface area (Å²) in [5, 5.41) is 15.9. The number of nitrogens with zero attached hydrogens (tertiary/aromatic N) is 3. The summed E-state index contributed by atoms with van der Waals surface area (Å²) in [5.74, 6) is -0.602. The summed E-state index contributed by atoms with van der Waals surface area (Å²) >= 11 is 0. The number of aryl methyl sites for hydroxylation is 2. The van der Waals surface area contributed by atoms with Crippen molar-refractivity contribution in [3.8, 4) is 0 Å². The van der Waals surface area contributed by atoms with E-state index in [0.717, 1.165) is 11.3 Å². The Bertz CT molecular complexity index is 697. The lowest BCUT2D eigenvalue weighted by Gasteiger charge is -2.22. The average molecular weight is 330 g/mol. The van der Waals surface area contributed by atoms with Crippen LogP contribution in [-0.2, 0) is 18.4 Å². The summed E-state index contributed by atoms with van der Waals surface area (Å²) in [6.45, 7) is 2.14. The van der Waals surface area contributed by atoms with Crippen molar-refractivity contribution >= 4 is 11.8 Å². The quantitative estimate of drug-likeness (QED) is 0.773. The van der Waals surface area contributed by atoms with E-state index in [1.165, 1.54) is 9.58 Å². The van der Waals surface area contributed by atoms with Crippen LogP contribution < -0.4 is 5.32 Å². The van der Waals surface area contributed by atoms with Crippen LogP contribution in [0.2, 0.25) is 0 Å². The Labute approximate surface area is 140 Å². The molecule has 0 spiro atoms. The van der Waals surface area contributed by atoms with Gasteiger partial charge in [-0.15, -0.1) is 0 Å². The highest BCUT2D eigenvalue weighted by Gasteiger charge is 2.17. The molecule has 0 fully saturated rings. The molecule has 2 aromatic rings. The molecule has 0 radical (unpaired) electrons. The molecule has 1 aromatic carbocycles. The van der Waals surface area contributed by atoms with Crippen LogP contribution in [0.3, 0.4) is 0 Å². The number of aliphatic hydroxyl groups is 1. The number of aromatic nitrogens is 2. The SMILES string of the molecule is Cc1cc(C(=O)NCC(=O)N(CCO)Cc2ccccc2)n(C)n1. The van der Waals surface area contributed by atoms with Crippen molar-refractivity contribution in [2.45, 2.75) is 13.5 Å². The molecule has 128 valence electrons. The minimum absolute atomic E-state index is 0.129. The Kier molecular flexibility index (Phi) is 6.08. The van der Waals surface area contributed by atoms with Crippen LogP contribution in [0.4, 0.5) is 0 Å². The van der Waals surface area contributed by atoms with Gasteiger partial charge in [-0.25, -0.2) is 0 Å². The van der Waals surface area contributed by atoms with E-state index in [1.54, 1.807) is 20.0 Å². The van der Waals surface area contributed by atoms with Crippen LogP contribution in [-0.4, -0.2) is 51.3 Å². The molecule has 2 amide bonds. The summed E-state index contributed by atoms with van der Waals surface area (Å²) in [7, 11) is 1.68. The van der Waals surface area contributed by atoms with Gasteiger partial charge in [0, 0.05) is 20.1 Å². The van der Waals surface area contributed by atoms with Crippen LogP contribution in [0.25, 0.3) is 0 Å². The lowest BCUT2D eigenvalue weighted by molar-refractivity contribution is -0.131. The normalized spacial score (nSPS) is 10.5. The molecular formula is C17H22N4O3. The highest BCUT2D eigenvalue weighted by Crippen LogP contribution is 2.05. The molecule has 0 bridgehead atoms. The van der Waals surface area contributed by atoms with Crippen LogP contribution in [0.15, 0.2) is 36.4 Å². The maximum atomic E-state index is 12.3. The highest BCUT2D eigenvalue weighted by atomic mass is 16.3. The van der Waals surface area contributed by atoms with Gasteiger partial charge < -0.3 is 15.3 Å². The van der Waals surface area contributed by atoms with E-state index in [9.17, 15) is 9.59 Å². The van der Waals surface area contributed by atoms with E-state index in [-0.39, 0.29) is 31.5 Å². The molecule has 1 heterocycles. The van der Waals surface area contributed by atoms with Crippen molar-refractivity contribution in [3.05, 3.63) is 53.3 Å². The molecule has 1 aromatic heterocycles. The van der Waals surface area contributed by atoms with Gasteiger partial charge in [0.25, 0.3) is 5.91 Å². The van der Waals surface area contributed by atoms with E-state index in [1.807, 2.05) is 30.3 Å². The number of nitrogens with one attached hydrogen (secondary N) is 1. The molecule has 0 unspecified atom stereocenters. The first-order valence-electron chi connectivity index (χ1n) is 7.72. The Morgan fingerprint density at radius 1 is 1.29 bits per heavy atom. The number of hydrogen-bond acceptors (Lipinski definition) is 4. The summed E-state index contributed by atoms with van der Waals surface area (Å²) in [6, 6.07) is 11.2. The number of carbonyl (C=O) groups is 2. The van der Waals surface area contributed by atoms with Crippen LogP contribution in [0.1, 0.15) is 21.7 Å². The van der Waals surface area contributed by atoms with Gasteiger partial charge in [-0.05, 0) is 18.6 Å². The summed E-state index contributed by atoms with van der Waals surface area (Å²) in [6.07, 6.45) is 0. The summed E-state index contributed by atoms with van der Waals surface area (Å²) in [5.41, 5.74) is 2.10. The third-order valence-electron chi connectivity index (χ3n) is 3.57. The lowest BCUT2D eigenvalue weighted by Crippen LogP contribution is -2.41. The third-order valence-corrected chi connectivity index (χ3v) is 3.57. The Morgan fingerprint density at radius 3 is 2.58 bits per heavy atom. The van der Waals surface area contributed by atoms with Gasteiger partial charge in [0.05, 0.1) is 18.8 Å². The van der Waals surface area contributed by atoms with Gasteiger partial charge in [-0.1, -0.05) is 30.3 Å². The predicted molar refractivity (Wildman–Crippen MR) is 89.2 cm³/mol. The van der Waals surface area contributed by atoms with Crippen molar-refractivity contribution in [3.63, 3.8) is 0 Å². The number of amides is 2. The second-order valence-corrected chi connectivity index (χ2v) is 5.50. The highest BCUT2D eigenvalue weighted by molar-refractivity contribution is 5.95. The monoisotopic (exact) mass is 330 g/mol. The van der Waals surface area contributed by atoms with Crippen molar-refractivity contribution in [1.82, 2.24) is 20.0 Å². The molecule has 0 aliphatic carbocycles. The van der Waals surface area contributed by atoms with Crippen LogP contribution in [0, 0.1) is 6.92 Å².